The molecule has 1 aromatic carbocycles. The molecule has 2 atom stereocenters. The Balaban J connectivity index is 2.25. The molecule has 1 aliphatic rings. The number of rotatable bonds is 2. The van der Waals surface area contributed by atoms with E-state index in [0.717, 1.165) is 17.9 Å². The third kappa shape index (κ3) is 1.97. The SMILES string of the molecule is CC(N)CC1Cc2cccc(Cl)c2N1C. The predicted molar refractivity (Wildman–Crippen MR) is 65.6 cm³/mol. The third-order valence-electron chi connectivity index (χ3n) is 3.07. The van der Waals surface area contributed by atoms with Gasteiger partial charge >= 0.3 is 0 Å². The zero-order chi connectivity index (χ0) is 11.0. The first-order valence-electron chi connectivity index (χ1n) is 5.35. The topological polar surface area (TPSA) is 29.3 Å². The number of hydrogen-bond donors (Lipinski definition) is 1. The molecule has 1 aliphatic heterocycles. The first-order chi connectivity index (χ1) is 7.09. The van der Waals surface area contributed by atoms with Gasteiger partial charge < -0.3 is 10.6 Å². The Morgan fingerprint density at radius 3 is 2.93 bits per heavy atom. The van der Waals surface area contributed by atoms with E-state index in [2.05, 4.69) is 24.9 Å². The van der Waals surface area contributed by atoms with E-state index in [1.807, 2.05) is 12.1 Å². The van der Waals surface area contributed by atoms with Crippen molar-refractivity contribution in [2.45, 2.75) is 31.8 Å². The Bertz CT molecular complexity index is 363. The van der Waals surface area contributed by atoms with E-state index in [4.69, 9.17) is 17.3 Å². The lowest BCUT2D eigenvalue weighted by molar-refractivity contribution is 0.544. The molecule has 2 rings (SSSR count). The van der Waals surface area contributed by atoms with E-state index >= 15 is 0 Å². The smallest absolute Gasteiger partial charge is 0.0642 e. The molecule has 0 bridgehead atoms. The van der Waals surface area contributed by atoms with Crippen molar-refractivity contribution in [1.29, 1.82) is 0 Å². The Labute approximate surface area is 96.0 Å². The van der Waals surface area contributed by atoms with Gasteiger partial charge in [0, 0.05) is 19.1 Å². The van der Waals surface area contributed by atoms with Gasteiger partial charge in [0.1, 0.15) is 0 Å². The van der Waals surface area contributed by atoms with Crippen LogP contribution in [-0.4, -0.2) is 19.1 Å². The zero-order valence-corrected chi connectivity index (χ0v) is 9.96. The maximum Gasteiger partial charge on any atom is 0.0642 e. The lowest BCUT2D eigenvalue weighted by Crippen LogP contribution is -2.33. The Morgan fingerprint density at radius 1 is 1.60 bits per heavy atom. The lowest BCUT2D eigenvalue weighted by Gasteiger charge is -2.24. The molecule has 1 aromatic rings. The molecule has 0 aliphatic carbocycles. The minimum atomic E-state index is 0.241. The van der Waals surface area contributed by atoms with Crippen molar-refractivity contribution >= 4 is 17.3 Å². The second-order valence-corrected chi connectivity index (χ2v) is 4.84. The number of para-hydroxylation sites is 1. The fourth-order valence-electron chi connectivity index (χ4n) is 2.36. The van der Waals surface area contributed by atoms with Crippen molar-refractivity contribution in [2.75, 3.05) is 11.9 Å². The zero-order valence-electron chi connectivity index (χ0n) is 9.20. The normalized spacial score (nSPS) is 21.6. The second-order valence-electron chi connectivity index (χ2n) is 4.43. The number of fused-ring (bicyclic) bond motifs is 1. The van der Waals surface area contributed by atoms with Gasteiger partial charge in [-0.1, -0.05) is 23.7 Å². The summed E-state index contributed by atoms with van der Waals surface area (Å²) < 4.78 is 0. The van der Waals surface area contributed by atoms with Crippen molar-refractivity contribution in [1.82, 2.24) is 0 Å². The van der Waals surface area contributed by atoms with Crippen LogP contribution in [0.1, 0.15) is 18.9 Å². The van der Waals surface area contributed by atoms with Gasteiger partial charge in [0.15, 0.2) is 0 Å². The molecule has 3 heteroatoms. The number of hydrogen-bond acceptors (Lipinski definition) is 2. The van der Waals surface area contributed by atoms with Crippen LogP contribution in [0.2, 0.25) is 5.02 Å². The highest BCUT2D eigenvalue weighted by atomic mass is 35.5. The highest BCUT2D eigenvalue weighted by Crippen LogP contribution is 2.37. The summed E-state index contributed by atoms with van der Waals surface area (Å²) in [7, 11) is 2.10. The summed E-state index contributed by atoms with van der Waals surface area (Å²) >= 11 is 6.19. The number of likely N-dealkylation sites (N-methyl/N-ethyl adjacent to an activating group) is 1. The summed E-state index contributed by atoms with van der Waals surface area (Å²) in [5.41, 5.74) is 8.38. The van der Waals surface area contributed by atoms with Gasteiger partial charge in [-0.3, -0.25) is 0 Å². The van der Waals surface area contributed by atoms with E-state index < -0.39 is 0 Å². The number of halogens is 1. The van der Waals surface area contributed by atoms with Crippen LogP contribution < -0.4 is 10.6 Å². The second kappa shape index (κ2) is 4.03. The van der Waals surface area contributed by atoms with Crippen LogP contribution in [0.4, 0.5) is 5.69 Å². The lowest BCUT2D eigenvalue weighted by atomic mass is 10.0. The van der Waals surface area contributed by atoms with Gasteiger partial charge in [0.2, 0.25) is 0 Å². The minimum absolute atomic E-state index is 0.241. The van der Waals surface area contributed by atoms with E-state index in [-0.39, 0.29) is 6.04 Å². The quantitative estimate of drug-likeness (QED) is 0.836. The van der Waals surface area contributed by atoms with Crippen LogP contribution in [0.5, 0.6) is 0 Å². The van der Waals surface area contributed by atoms with Crippen LogP contribution >= 0.6 is 11.6 Å². The minimum Gasteiger partial charge on any atom is -0.370 e. The summed E-state index contributed by atoms with van der Waals surface area (Å²) in [5.74, 6) is 0. The molecule has 0 spiro atoms. The average Bonchev–Trinajstić information content (AvgIpc) is 2.44. The standard InChI is InChI=1S/C12H17ClN2/c1-8(14)6-10-7-9-4-3-5-11(13)12(9)15(10)2/h3-5,8,10H,6-7,14H2,1-2H3. The first-order valence-corrected chi connectivity index (χ1v) is 5.73. The molecule has 2 nitrogen and oxygen atoms in total. The van der Waals surface area contributed by atoms with E-state index in [9.17, 15) is 0 Å². The maximum absolute atomic E-state index is 6.19. The summed E-state index contributed by atoms with van der Waals surface area (Å²) in [5, 5.41) is 0.849. The van der Waals surface area contributed by atoms with Crippen LogP contribution in [0, 0.1) is 0 Å². The molecule has 1 heterocycles. The van der Waals surface area contributed by atoms with Crippen LogP contribution in [0.3, 0.4) is 0 Å². The molecule has 15 heavy (non-hydrogen) atoms. The van der Waals surface area contributed by atoms with Gasteiger partial charge in [-0.25, -0.2) is 0 Å². The van der Waals surface area contributed by atoms with E-state index in [1.165, 1.54) is 11.3 Å². The van der Waals surface area contributed by atoms with Gasteiger partial charge in [0.25, 0.3) is 0 Å². The Hall–Kier alpha value is -0.730. The molecule has 0 amide bonds. The van der Waals surface area contributed by atoms with Crippen molar-refractivity contribution < 1.29 is 0 Å². The summed E-state index contributed by atoms with van der Waals surface area (Å²) in [4.78, 5) is 2.26. The summed E-state index contributed by atoms with van der Waals surface area (Å²) in [6.45, 7) is 2.05. The highest BCUT2D eigenvalue weighted by molar-refractivity contribution is 6.33. The van der Waals surface area contributed by atoms with Gasteiger partial charge in [-0.15, -0.1) is 0 Å². The number of nitrogens with two attached hydrogens (primary N) is 1. The summed E-state index contributed by atoms with van der Waals surface area (Å²) in [6, 6.07) is 6.86. The van der Waals surface area contributed by atoms with Crippen molar-refractivity contribution in [3.8, 4) is 0 Å². The molecule has 0 saturated heterocycles. The molecule has 0 fully saturated rings. The van der Waals surface area contributed by atoms with Crippen molar-refractivity contribution in [3.05, 3.63) is 28.8 Å². The molecule has 0 radical (unpaired) electrons. The fourth-order valence-corrected chi connectivity index (χ4v) is 2.69. The largest absolute Gasteiger partial charge is 0.370 e. The van der Waals surface area contributed by atoms with E-state index in [1.54, 1.807) is 0 Å². The van der Waals surface area contributed by atoms with Crippen molar-refractivity contribution in [2.24, 2.45) is 5.73 Å². The van der Waals surface area contributed by atoms with Crippen LogP contribution in [-0.2, 0) is 6.42 Å². The summed E-state index contributed by atoms with van der Waals surface area (Å²) in [6.07, 6.45) is 2.08. The van der Waals surface area contributed by atoms with Crippen LogP contribution in [0.15, 0.2) is 18.2 Å². The van der Waals surface area contributed by atoms with Gasteiger partial charge in [0.05, 0.1) is 10.7 Å². The Morgan fingerprint density at radius 2 is 2.33 bits per heavy atom. The number of anilines is 1. The van der Waals surface area contributed by atoms with E-state index in [0.29, 0.717) is 6.04 Å². The van der Waals surface area contributed by atoms with Gasteiger partial charge in [-0.2, -0.15) is 0 Å². The predicted octanol–water partition coefficient (Wildman–Crippen LogP) is 2.44. The number of nitrogens with zero attached hydrogens (tertiary/aromatic N) is 1. The molecule has 0 aromatic heterocycles. The third-order valence-corrected chi connectivity index (χ3v) is 3.38. The average molecular weight is 225 g/mol. The monoisotopic (exact) mass is 224 g/mol. The van der Waals surface area contributed by atoms with Crippen molar-refractivity contribution in [3.63, 3.8) is 0 Å². The Kier molecular flexibility index (Phi) is 2.89. The molecule has 0 saturated carbocycles. The molecule has 2 N–H and O–H groups in total. The molecular formula is C12H17ClN2. The molecular weight excluding hydrogens is 208 g/mol. The highest BCUT2D eigenvalue weighted by Gasteiger charge is 2.28. The molecule has 2 unspecified atom stereocenters. The van der Waals surface area contributed by atoms with Crippen LogP contribution in [0.25, 0.3) is 0 Å². The first kappa shape index (κ1) is 10.8. The molecule has 82 valence electrons. The fraction of sp³-hybridized carbons (Fsp3) is 0.500. The number of benzene rings is 1. The van der Waals surface area contributed by atoms with Gasteiger partial charge in [-0.05, 0) is 31.4 Å². The maximum atomic E-state index is 6.19.